The summed E-state index contributed by atoms with van der Waals surface area (Å²) in [5.41, 5.74) is 0. The molecule has 3 nitrogen and oxygen atoms in total. The van der Waals surface area contributed by atoms with Gasteiger partial charge in [0.15, 0.2) is 0 Å². The zero-order valence-corrected chi connectivity index (χ0v) is 6.09. The highest BCUT2D eigenvalue weighted by Crippen LogP contribution is 2.06. The van der Waals surface area contributed by atoms with E-state index in [2.05, 4.69) is 4.74 Å². The summed E-state index contributed by atoms with van der Waals surface area (Å²) in [6.07, 6.45) is -0.737. The maximum atomic E-state index is 11.4. The molecule has 66 valence electrons. The molecule has 0 saturated carbocycles. The first-order valence-electron chi connectivity index (χ1n) is 3.17. The van der Waals surface area contributed by atoms with Gasteiger partial charge in [0, 0.05) is 6.42 Å². The molecule has 0 aromatic carbocycles. The van der Waals surface area contributed by atoms with Crippen LogP contribution in [0.3, 0.4) is 0 Å². The molecule has 0 unspecified atom stereocenters. The quantitative estimate of drug-likeness (QED) is 0.676. The number of rotatable bonds is 5. The van der Waals surface area contributed by atoms with Crippen LogP contribution in [0.25, 0.3) is 0 Å². The maximum Gasteiger partial charge on any atom is 0.345 e. The second-order valence-corrected chi connectivity index (χ2v) is 2.14. The molecule has 0 rings (SSSR count). The third kappa shape index (κ3) is 7.18. The van der Waals surface area contributed by atoms with Gasteiger partial charge in [-0.1, -0.05) is 0 Å². The lowest BCUT2D eigenvalue weighted by atomic mass is 10.2. The van der Waals surface area contributed by atoms with Gasteiger partial charge >= 0.3 is 12.6 Å². The summed E-state index contributed by atoms with van der Waals surface area (Å²) < 4.78 is 26.9. The zero-order chi connectivity index (χ0) is 8.85. The Morgan fingerprint density at radius 2 is 2.18 bits per heavy atom. The molecule has 0 radical (unpaired) electrons. The number of carboxylic acid groups (broad SMARTS) is 1. The molecule has 0 aromatic heterocycles. The average Bonchev–Trinajstić information content (AvgIpc) is 1.82. The molecule has 0 aliphatic heterocycles. The van der Waals surface area contributed by atoms with Crippen molar-refractivity contribution in [2.24, 2.45) is 0 Å². The summed E-state index contributed by atoms with van der Waals surface area (Å²) in [5.74, 6) is -1.00. The fraction of sp³-hybridized carbons (Fsp3) is 0.833. The number of ether oxygens (including phenoxy) is 1. The first-order valence-corrected chi connectivity index (χ1v) is 3.17. The molecule has 0 amide bonds. The van der Waals surface area contributed by atoms with Crippen LogP contribution in [0, 0.1) is 0 Å². The molecular weight excluding hydrogens is 158 g/mol. The number of hydrogen-bond donors (Lipinski definition) is 1. The van der Waals surface area contributed by atoms with Crippen LogP contribution in [0.4, 0.5) is 8.78 Å². The minimum absolute atomic E-state index is 0.111. The van der Waals surface area contributed by atoms with E-state index in [0.29, 0.717) is 0 Å². The van der Waals surface area contributed by atoms with Crippen molar-refractivity contribution in [1.82, 2.24) is 0 Å². The van der Waals surface area contributed by atoms with E-state index in [4.69, 9.17) is 5.11 Å². The Hall–Kier alpha value is -0.710. The van der Waals surface area contributed by atoms with Gasteiger partial charge in [0.1, 0.15) is 0 Å². The largest absolute Gasteiger partial charge is 0.481 e. The number of alkyl halides is 2. The fourth-order valence-corrected chi connectivity index (χ4v) is 0.570. The van der Waals surface area contributed by atoms with E-state index in [1.165, 1.54) is 6.92 Å². The average molecular weight is 168 g/mol. The Morgan fingerprint density at radius 3 is 2.55 bits per heavy atom. The molecule has 0 bridgehead atoms. The lowest BCUT2D eigenvalue weighted by Gasteiger charge is -2.09. The van der Waals surface area contributed by atoms with Crippen molar-refractivity contribution < 1.29 is 23.4 Å². The minimum atomic E-state index is -2.82. The van der Waals surface area contributed by atoms with E-state index in [9.17, 15) is 13.6 Å². The summed E-state index contributed by atoms with van der Waals surface area (Å²) in [7, 11) is 0. The van der Waals surface area contributed by atoms with Gasteiger partial charge in [0.25, 0.3) is 0 Å². The van der Waals surface area contributed by atoms with Gasteiger partial charge in [-0.3, -0.25) is 4.79 Å². The molecule has 0 heterocycles. The standard InChI is InChI=1S/C6H10F2O3/c1-4(11-6(7)8)2-3-5(9)10/h4,6H,2-3H2,1H3,(H,9,10)/t4-/m1/s1. The van der Waals surface area contributed by atoms with E-state index < -0.39 is 18.7 Å². The van der Waals surface area contributed by atoms with Gasteiger partial charge in [0.05, 0.1) is 6.10 Å². The monoisotopic (exact) mass is 168 g/mol. The van der Waals surface area contributed by atoms with Crippen molar-refractivity contribution in [3.05, 3.63) is 0 Å². The topological polar surface area (TPSA) is 46.5 Å². The molecule has 5 heteroatoms. The lowest BCUT2D eigenvalue weighted by molar-refractivity contribution is -0.162. The molecule has 0 aromatic rings. The Kier molecular flexibility index (Phi) is 4.69. The Morgan fingerprint density at radius 1 is 1.64 bits per heavy atom. The molecule has 0 fully saturated rings. The first-order chi connectivity index (χ1) is 5.02. The van der Waals surface area contributed by atoms with Gasteiger partial charge in [0.2, 0.25) is 0 Å². The van der Waals surface area contributed by atoms with E-state index in [-0.39, 0.29) is 12.8 Å². The maximum absolute atomic E-state index is 11.4. The van der Waals surface area contributed by atoms with Crippen molar-refractivity contribution in [1.29, 1.82) is 0 Å². The Balaban J connectivity index is 3.37. The molecule has 0 aliphatic carbocycles. The molecule has 0 spiro atoms. The summed E-state index contributed by atoms with van der Waals surface area (Å²) >= 11 is 0. The highest BCUT2D eigenvalue weighted by molar-refractivity contribution is 5.66. The van der Waals surface area contributed by atoms with E-state index >= 15 is 0 Å². The van der Waals surface area contributed by atoms with Crippen LogP contribution in [0.2, 0.25) is 0 Å². The number of carbonyl (C=O) groups is 1. The van der Waals surface area contributed by atoms with Crippen LogP contribution in [-0.4, -0.2) is 23.8 Å². The van der Waals surface area contributed by atoms with Crippen molar-refractivity contribution in [2.45, 2.75) is 32.5 Å². The van der Waals surface area contributed by atoms with Crippen LogP contribution >= 0.6 is 0 Å². The summed E-state index contributed by atoms with van der Waals surface area (Å²) in [6.45, 7) is -1.41. The van der Waals surface area contributed by atoms with Crippen LogP contribution in [0.15, 0.2) is 0 Å². The van der Waals surface area contributed by atoms with Gasteiger partial charge < -0.3 is 9.84 Å². The Bertz CT molecular complexity index is 127. The van der Waals surface area contributed by atoms with E-state index in [1.807, 2.05) is 0 Å². The van der Waals surface area contributed by atoms with Gasteiger partial charge in [-0.25, -0.2) is 0 Å². The van der Waals surface area contributed by atoms with Crippen molar-refractivity contribution in [3.63, 3.8) is 0 Å². The van der Waals surface area contributed by atoms with Gasteiger partial charge in [-0.05, 0) is 13.3 Å². The number of halogens is 2. The SMILES string of the molecule is C[C@H](CCC(=O)O)OC(F)F. The van der Waals surface area contributed by atoms with Gasteiger partial charge in [-0.15, -0.1) is 0 Å². The highest BCUT2D eigenvalue weighted by Gasteiger charge is 2.10. The van der Waals surface area contributed by atoms with Crippen molar-refractivity contribution >= 4 is 5.97 Å². The van der Waals surface area contributed by atoms with Gasteiger partial charge in [-0.2, -0.15) is 8.78 Å². The second-order valence-electron chi connectivity index (χ2n) is 2.14. The van der Waals surface area contributed by atoms with Crippen LogP contribution in [0.1, 0.15) is 19.8 Å². The number of carboxylic acids is 1. The van der Waals surface area contributed by atoms with E-state index in [0.717, 1.165) is 0 Å². The number of hydrogen-bond acceptors (Lipinski definition) is 2. The zero-order valence-electron chi connectivity index (χ0n) is 6.09. The van der Waals surface area contributed by atoms with Crippen molar-refractivity contribution in [2.75, 3.05) is 0 Å². The van der Waals surface area contributed by atoms with Crippen molar-refractivity contribution in [3.8, 4) is 0 Å². The highest BCUT2D eigenvalue weighted by atomic mass is 19.3. The second kappa shape index (κ2) is 5.01. The summed E-state index contributed by atoms with van der Waals surface area (Å²) in [4.78, 5) is 9.95. The lowest BCUT2D eigenvalue weighted by Crippen LogP contribution is -2.13. The third-order valence-electron chi connectivity index (χ3n) is 1.10. The third-order valence-corrected chi connectivity index (χ3v) is 1.10. The summed E-state index contributed by atoms with van der Waals surface area (Å²) in [6, 6.07) is 0. The van der Waals surface area contributed by atoms with Crippen LogP contribution < -0.4 is 0 Å². The molecule has 0 aliphatic rings. The number of aliphatic carboxylic acids is 1. The van der Waals surface area contributed by atoms with Crippen LogP contribution in [0.5, 0.6) is 0 Å². The normalized spacial score (nSPS) is 13.5. The first kappa shape index (κ1) is 10.3. The molecule has 11 heavy (non-hydrogen) atoms. The molecular formula is C6H10F2O3. The Labute approximate surface area is 63.0 Å². The summed E-state index contributed by atoms with van der Waals surface area (Å²) in [5, 5.41) is 8.15. The molecule has 0 saturated heterocycles. The fourth-order valence-electron chi connectivity index (χ4n) is 0.570. The molecule has 1 atom stereocenters. The smallest absolute Gasteiger partial charge is 0.345 e. The predicted molar refractivity (Wildman–Crippen MR) is 33.4 cm³/mol. The van der Waals surface area contributed by atoms with E-state index in [1.54, 1.807) is 0 Å². The minimum Gasteiger partial charge on any atom is -0.481 e. The van der Waals surface area contributed by atoms with Crippen LogP contribution in [-0.2, 0) is 9.53 Å². The molecule has 1 N–H and O–H groups in total. The predicted octanol–water partition coefficient (Wildman–Crippen LogP) is 1.48.